The van der Waals surface area contributed by atoms with Gasteiger partial charge >= 0.3 is 0 Å². The van der Waals surface area contributed by atoms with Crippen LogP contribution < -0.4 is 4.90 Å². The van der Waals surface area contributed by atoms with E-state index < -0.39 is 0 Å². The highest BCUT2D eigenvalue weighted by molar-refractivity contribution is 5.91. The molecule has 0 bridgehead atoms. The maximum Gasteiger partial charge on any atom is 0.246 e. The SMILES string of the molecule is Cc1ccc(N2CCN(C(=O)/C=C/c3ccccc3)CC2)nn1. The average Bonchev–Trinajstić information content (AvgIpc) is 2.61. The number of rotatable bonds is 3. The van der Waals surface area contributed by atoms with Gasteiger partial charge in [0.05, 0.1) is 5.69 Å². The van der Waals surface area contributed by atoms with E-state index in [9.17, 15) is 4.79 Å². The Morgan fingerprint density at radius 2 is 1.74 bits per heavy atom. The van der Waals surface area contributed by atoms with Crippen LogP contribution in [-0.4, -0.2) is 47.2 Å². The summed E-state index contributed by atoms with van der Waals surface area (Å²) in [6.07, 6.45) is 3.51. The second kappa shape index (κ2) is 7.05. The summed E-state index contributed by atoms with van der Waals surface area (Å²) in [6, 6.07) is 13.8. The Labute approximate surface area is 136 Å². The highest BCUT2D eigenvalue weighted by Crippen LogP contribution is 2.13. The summed E-state index contributed by atoms with van der Waals surface area (Å²) >= 11 is 0. The molecule has 5 heteroatoms. The van der Waals surface area contributed by atoms with Crippen molar-refractivity contribution < 1.29 is 4.79 Å². The number of piperazine rings is 1. The molecule has 1 aromatic heterocycles. The minimum Gasteiger partial charge on any atom is -0.352 e. The molecule has 2 heterocycles. The number of amides is 1. The topological polar surface area (TPSA) is 49.3 Å². The number of carbonyl (C=O) groups is 1. The zero-order valence-corrected chi connectivity index (χ0v) is 13.2. The predicted molar refractivity (Wildman–Crippen MR) is 91.0 cm³/mol. The summed E-state index contributed by atoms with van der Waals surface area (Å²) in [5.74, 6) is 0.936. The van der Waals surface area contributed by atoms with Gasteiger partial charge in [-0.15, -0.1) is 5.10 Å². The smallest absolute Gasteiger partial charge is 0.246 e. The van der Waals surface area contributed by atoms with Gasteiger partial charge in [0.1, 0.15) is 0 Å². The molecule has 0 saturated carbocycles. The lowest BCUT2D eigenvalue weighted by molar-refractivity contribution is -0.126. The van der Waals surface area contributed by atoms with Crippen molar-refractivity contribution in [1.82, 2.24) is 15.1 Å². The van der Waals surface area contributed by atoms with Gasteiger partial charge in [0, 0.05) is 32.3 Å². The summed E-state index contributed by atoms with van der Waals surface area (Å²) in [7, 11) is 0. The lowest BCUT2D eigenvalue weighted by Gasteiger charge is -2.34. The summed E-state index contributed by atoms with van der Waals surface area (Å²) in [5.41, 5.74) is 1.95. The second-order valence-electron chi connectivity index (χ2n) is 5.59. The van der Waals surface area contributed by atoms with Gasteiger partial charge in [0.2, 0.25) is 5.91 Å². The number of aryl methyl sites for hydroxylation is 1. The van der Waals surface area contributed by atoms with Gasteiger partial charge in [-0.05, 0) is 30.7 Å². The zero-order chi connectivity index (χ0) is 16.1. The molecule has 0 atom stereocenters. The molecule has 1 amide bonds. The molecule has 0 radical (unpaired) electrons. The Balaban J connectivity index is 1.55. The lowest BCUT2D eigenvalue weighted by atomic mass is 10.2. The molecule has 23 heavy (non-hydrogen) atoms. The number of hydrogen-bond acceptors (Lipinski definition) is 4. The number of benzene rings is 1. The summed E-state index contributed by atoms with van der Waals surface area (Å²) < 4.78 is 0. The largest absolute Gasteiger partial charge is 0.352 e. The third kappa shape index (κ3) is 3.94. The fourth-order valence-electron chi connectivity index (χ4n) is 2.55. The molecule has 2 aromatic rings. The summed E-state index contributed by atoms with van der Waals surface area (Å²) in [5, 5.41) is 8.29. The minimum absolute atomic E-state index is 0.0588. The van der Waals surface area contributed by atoms with Gasteiger partial charge in [-0.2, -0.15) is 5.10 Å². The Morgan fingerprint density at radius 1 is 1.00 bits per heavy atom. The molecule has 1 aliphatic rings. The van der Waals surface area contributed by atoms with E-state index in [-0.39, 0.29) is 5.91 Å². The monoisotopic (exact) mass is 308 g/mol. The van der Waals surface area contributed by atoms with E-state index in [4.69, 9.17) is 0 Å². The Bertz CT molecular complexity index is 674. The molecular formula is C18H20N4O. The molecule has 1 fully saturated rings. The van der Waals surface area contributed by atoms with E-state index in [1.807, 2.05) is 60.4 Å². The molecule has 3 rings (SSSR count). The first-order valence-electron chi connectivity index (χ1n) is 7.80. The van der Waals surface area contributed by atoms with Crippen LogP contribution in [0, 0.1) is 6.92 Å². The van der Waals surface area contributed by atoms with Gasteiger partial charge in [-0.3, -0.25) is 4.79 Å². The Hall–Kier alpha value is -2.69. The Kier molecular flexibility index (Phi) is 4.66. The van der Waals surface area contributed by atoms with Crippen LogP contribution in [0.25, 0.3) is 6.08 Å². The molecule has 5 nitrogen and oxygen atoms in total. The van der Waals surface area contributed by atoms with E-state index in [1.54, 1.807) is 6.08 Å². The van der Waals surface area contributed by atoms with Crippen LogP contribution in [0.3, 0.4) is 0 Å². The third-order valence-electron chi connectivity index (χ3n) is 3.92. The third-order valence-corrected chi connectivity index (χ3v) is 3.92. The van der Waals surface area contributed by atoms with Gasteiger partial charge in [-0.1, -0.05) is 30.3 Å². The highest BCUT2D eigenvalue weighted by Gasteiger charge is 2.20. The van der Waals surface area contributed by atoms with Gasteiger partial charge in [-0.25, -0.2) is 0 Å². The number of aromatic nitrogens is 2. The van der Waals surface area contributed by atoms with Crippen molar-refractivity contribution in [3.63, 3.8) is 0 Å². The fourth-order valence-corrected chi connectivity index (χ4v) is 2.55. The second-order valence-corrected chi connectivity index (χ2v) is 5.59. The summed E-state index contributed by atoms with van der Waals surface area (Å²) in [4.78, 5) is 16.3. The van der Waals surface area contributed by atoms with Gasteiger partial charge in [0.25, 0.3) is 0 Å². The number of nitrogens with zero attached hydrogens (tertiary/aromatic N) is 4. The van der Waals surface area contributed by atoms with E-state index in [1.165, 1.54) is 0 Å². The normalized spacial score (nSPS) is 15.2. The zero-order valence-electron chi connectivity index (χ0n) is 13.2. The predicted octanol–water partition coefficient (Wildman–Crippen LogP) is 2.15. The molecule has 0 N–H and O–H groups in total. The number of hydrogen-bond donors (Lipinski definition) is 0. The summed E-state index contributed by atoms with van der Waals surface area (Å²) in [6.45, 7) is 4.89. The molecule has 1 aliphatic heterocycles. The van der Waals surface area contributed by atoms with Gasteiger partial charge in [0.15, 0.2) is 5.82 Å². The van der Waals surface area contributed by atoms with Crippen molar-refractivity contribution in [2.45, 2.75) is 6.92 Å². The number of anilines is 1. The van der Waals surface area contributed by atoms with Crippen LogP contribution in [0.1, 0.15) is 11.3 Å². The van der Waals surface area contributed by atoms with Crippen molar-refractivity contribution >= 4 is 17.8 Å². The minimum atomic E-state index is 0.0588. The Morgan fingerprint density at radius 3 is 2.39 bits per heavy atom. The van der Waals surface area contributed by atoms with E-state index >= 15 is 0 Å². The highest BCUT2D eigenvalue weighted by atomic mass is 16.2. The van der Waals surface area contributed by atoms with Crippen LogP contribution in [0.15, 0.2) is 48.5 Å². The van der Waals surface area contributed by atoms with Crippen molar-refractivity contribution in [3.05, 3.63) is 59.8 Å². The molecule has 0 aliphatic carbocycles. The lowest BCUT2D eigenvalue weighted by Crippen LogP contribution is -2.48. The van der Waals surface area contributed by atoms with E-state index in [0.717, 1.165) is 30.2 Å². The van der Waals surface area contributed by atoms with Crippen molar-refractivity contribution in [2.75, 3.05) is 31.1 Å². The maximum absolute atomic E-state index is 12.3. The van der Waals surface area contributed by atoms with Crippen LogP contribution in [0.2, 0.25) is 0 Å². The van der Waals surface area contributed by atoms with Crippen LogP contribution in [-0.2, 0) is 4.79 Å². The van der Waals surface area contributed by atoms with E-state index in [2.05, 4.69) is 15.1 Å². The quantitative estimate of drug-likeness (QED) is 0.815. The van der Waals surface area contributed by atoms with Gasteiger partial charge < -0.3 is 9.80 Å². The molecular weight excluding hydrogens is 288 g/mol. The maximum atomic E-state index is 12.3. The molecule has 118 valence electrons. The van der Waals surface area contributed by atoms with Crippen LogP contribution >= 0.6 is 0 Å². The van der Waals surface area contributed by atoms with Crippen LogP contribution in [0.4, 0.5) is 5.82 Å². The average molecular weight is 308 g/mol. The van der Waals surface area contributed by atoms with Crippen molar-refractivity contribution in [3.8, 4) is 0 Å². The first kappa shape index (κ1) is 15.2. The van der Waals surface area contributed by atoms with E-state index in [0.29, 0.717) is 13.1 Å². The first-order chi connectivity index (χ1) is 11.2. The first-order valence-corrected chi connectivity index (χ1v) is 7.80. The van der Waals surface area contributed by atoms with Crippen molar-refractivity contribution in [1.29, 1.82) is 0 Å². The van der Waals surface area contributed by atoms with Crippen LogP contribution in [0.5, 0.6) is 0 Å². The van der Waals surface area contributed by atoms with Crippen molar-refractivity contribution in [2.24, 2.45) is 0 Å². The standard InChI is InChI=1S/C18H20N4O/c1-15-7-9-17(20-19-15)21-11-13-22(14-12-21)18(23)10-8-16-5-3-2-4-6-16/h2-10H,11-14H2,1H3/b10-8+. The molecule has 1 aromatic carbocycles. The molecule has 0 spiro atoms. The fraction of sp³-hybridized carbons (Fsp3) is 0.278. The number of carbonyl (C=O) groups excluding carboxylic acids is 1. The molecule has 0 unspecified atom stereocenters. The molecule has 1 saturated heterocycles.